The summed E-state index contributed by atoms with van der Waals surface area (Å²) in [5, 5.41) is 11.7. The zero-order chi connectivity index (χ0) is 52.7. The van der Waals surface area contributed by atoms with E-state index in [0.717, 1.165) is 83.5 Å². The monoisotopic (exact) mass is 1010 g/mol. The number of nitrogens with zero attached hydrogens (tertiary/aromatic N) is 1. The van der Waals surface area contributed by atoms with E-state index < -0.39 is 24.3 Å². The Labute approximate surface area is 442 Å². The largest absolute Gasteiger partial charge is 0.545 e. The van der Waals surface area contributed by atoms with Crippen molar-refractivity contribution in [3.05, 3.63) is 85.1 Å². The number of unbranched alkanes of at least 4 members (excludes halogenated alkanes) is 24. The van der Waals surface area contributed by atoms with Crippen molar-refractivity contribution >= 4 is 17.9 Å². The maximum absolute atomic E-state index is 12.8. The number of carbonyl (C=O) groups is 3. The predicted octanol–water partition coefficient (Wildman–Crippen LogP) is 15.8. The van der Waals surface area contributed by atoms with Crippen LogP contribution in [0.2, 0.25) is 0 Å². The van der Waals surface area contributed by atoms with Crippen molar-refractivity contribution in [3.8, 4) is 0 Å². The number of likely N-dealkylation sites (N-methyl/N-ethyl adjacent to an activating group) is 1. The molecule has 0 saturated heterocycles. The highest BCUT2D eigenvalue weighted by molar-refractivity contribution is 5.70. The van der Waals surface area contributed by atoms with Gasteiger partial charge in [-0.1, -0.05) is 240 Å². The maximum Gasteiger partial charge on any atom is 0.306 e. The Morgan fingerprint density at radius 2 is 0.792 bits per heavy atom. The molecule has 0 aliphatic heterocycles. The van der Waals surface area contributed by atoms with Crippen molar-refractivity contribution in [2.75, 3.05) is 47.5 Å². The first-order valence-electron chi connectivity index (χ1n) is 29.2. The number of carbonyl (C=O) groups excluding carboxylic acids is 3. The lowest BCUT2D eigenvalue weighted by molar-refractivity contribution is -0.870. The molecule has 0 amide bonds. The van der Waals surface area contributed by atoms with Gasteiger partial charge in [0.1, 0.15) is 13.2 Å². The number of ether oxygens (including phenoxy) is 4. The molecule has 72 heavy (non-hydrogen) atoms. The van der Waals surface area contributed by atoms with Gasteiger partial charge in [-0.15, -0.1) is 0 Å². The summed E-state index contributed by atoms with van der Waals surface area (Å²) in [6, 6.07) is 0. The molecule has 0 bridgehead atoms. The summed E-state index contributed by atoms with van der Waals surface area (Å²) in [7, 11) is 5.92. The molecule has 0 spiro atoms. The smallest absolute Gasteiger partial charge is 0.306 e. The molecule has 0 aliphatic carbocycles. The molecule has 0 aromatic carbocycles. The number of quaternary nitrogens is 1. The van der Waals surface area contributed by atoms with Crippen molar-refractivity contribution in [3.63, 3.8) is 0 Å². The highest BCUT2D eigenvalue weighted by Gasteiger charge is 2.22. The number of carboxylic acid groups (broad SMARTS) is 1. The van der Waals surface area contributed by atoms with Crippen molar-refractivity contribution in [1.29, 1.82) is 0 Å². The third-order valence-electron chi connectivity index (χ3n) is 12.4. The molecule has 0 fully saturated rings. The molecule has 0 N–H and O–H groups in total. The second-order valence-electron chi connectivity index (χ2n) is 20.6. The number of aliphatic carboxylic acids is 1. The first kappa shape index (κ1) is 68.5. The second kappa shape index (κ2) is 53.8. The Morgan fingerprint density at radius 3 is 1.18 bits per heavy atom. The van der Waals surface area contributed by atoms with Crippen LogP contribution in [0.5, 0.6) is 0 Å². The highest BCUT2D eigenvalue weighted by atomic mass is 16.7. The fourth-order valence-electron chi connectivity index (χ4n) is 7.93. The van der Waals surface area contributed by atoms with Gasteiger partial charge < -0.3 is 33.3 Å². The Bertz CT molecular complexity index is 1450. The minimum atomic E-state index is -1.62. The lowest BCUT2D eigenvalue weighted by Gasteiger charge is -2.26. The number of carboxylic acids is 1. The summed E-state index contributed by atoms with van der Waals surface area (Å²) in [6.45, 7) is 4.63. The van der Waals surface area contributed by atoms with Crippen LogP contribution in [-0.2, 0) is 33.3 Å². The van der Waals surface area contributed by atoms with Gasteiger partial charge in [-0.3, -0.25) is 9.59 Å². The Morgan fingerprint density at radius 1 is 0.431 bits per heavy atom. The van der Waals surface area contributed by atoms with Gasteiger partial charge in [0.05, 0.1) is 40.3 Å². The molecule has 9 nitrogen and oxygen atoms in total. The van der Waals surface area contributed by atoms with E-state index in [-0.39, 0.29) is 32.2 Å². The molecule has 0 radical (unpaired) electrons. The molecule has 0 saturated carbocycles. The van der Waals surface area contributed by atoms with Gasteiger partial charge in [0, 0.05) is 12.8 Å². The first-order valence-corrected chi connectivity index (χ1v) is 29.2. The van der Waals surface area contributed by atoms with Crippen LogP contribution in [-0.4, -0.2) is 82.3 Å². The molecule has 0 heterocycles. The summed E-state index contributed by atoms with van der Waals surface area (Å²) < 4.78 is 22.7. The van der Waals surface area contributed by atoms with Gasteiger partial charge in [-0.05, 0) is 70.6 Å². The summed E-state index contributed by atoms with van der Waals surface area (Å²) in [5.41, 5.74) is 0. The Hall–Kier alpha value is -3.53. The summed E-state index contributed by atoms with van der Waals surface area (Å²) >= 11 is 0. The standard InChI is InChI=1S/C63H109NO8/c1-6-8-10-12-14-16-18-20-21-22-23-24-25-26-27-28-29-30-31-32-33-34-35-36-37-38-39-40-41-42-44-46-48-50-52-54-61(66)72-59(58-71-63(62(67)68)69-56-55-64(3,4)5)57-70-60(65)53-51-49-47-45-43-19-17-15-13-11-9-7-2/h8,10,14,16,20-21,23-24,26-27,29-30,32-33,59,63H,6-7,9,11-13,15,17-19,22,25,28,31,34-58H2,1-5H3/b10-8-,16-14-,21-20-,24-23-,27-26-,30-29-,33-32-. The van der Waals surface area contributed by atoms with Gasteiger partial charge in [-0.2, -0.15) is 0 Å². The zero-order valence-electron chi connectivity index (χ0n) is 47.0. The Balaban J connectivity index is 4.11. The molecule has 414 valence electrons. The molecule has 0 aliphatic rings. The zero-order valence-corrected chi connectivity index (χ0v) is 47.0. The highest BCUT2D eigenvalue weighted by Crippen LogP contribution is 2.16. The molecule has 9 heteroatoms. The molecule has 2 atom stereocenters. The van der Waals surface area contributed by atoms with Gasteiger partial charge >= 0.3 is 11.9 Å². The van der Waals surface area contributed by atoms with E-state index in [1.54, 1.807) is 0 Å². The van der Waals surface area contributed by atoms with Crippen molar-refractivity contribution in [2.45, 2.75) is 251 Å². The normalized spacial score (nSPS) is 13.4. The van der Waals surface area contributed by atoms with Crippen LogP contribution in [0.1, 0.15) is 239 Å². The van der Waals surface area contributed by atoms with E-state index in [9.17, 15) is 19.5 Å². The molecule has 0 aromatic rings. The van der Waals surface area contributed by atoms with Gasteiger partial charge in [-0.25, -0.2) is 0 Å². The van der Waals surface area contributed by atoms with Crippen LogP contribution in [0, 0.1) is 0 Å². The maximum atomic E-state index is 12.8. The number of esters is 2. The van der Waals surface area contributed by atoms with Crippen LogP contribution < -0.4 is 5.11 Å². The van der Waals surface area contributed by atoms with Gasteiger partial charge in [0.15, 0.2) is 12.4 Å². The number of hydrogen-bond donors (Lipinski definition) is 0. The van der Waals surface area contributed by atoms with Crippen LogP contribution >= 0.6 is 0 Å². The second-order valence-corrected chi connectivity index (χ2v) is 20.6. The topological polar surface area (TPSA) is 111 Å². The summed E-state index contributed by atoms with van der Waals surface area (Å²) in [5.74, 6) is -2.28. The van der Waals surface area contributed by atoms with E-state index in [1.165, 1.54) is 122 Å². The van der Waals surface area contributed by atoms with E-state index in [0.29, 0.717) is 23.9 Å². The molecule has 2 unspecified atom stereocenters. The van der Waals surface area contributed by atoms with Crippen molar-refractivity contribution in [2.24, 2.45) is 0 Å². The first-order chi connectivity index (χ1) is 35.1. The van der Waals surface area contributed by atoms with E-state index >= 15 is 0 Å². The lowest BCUT2D eigenvalue weighted by Crippen LogP contribution is -2.44. The third-order valence-corrected chi connectivity index (χ3v) is 12.4. The predicted molar refractivity (Wildman–Crippen MR) is 301 cm³/mol. The van der Waals surface area contributed by atoms with Crippen LogP contribution in [0.15, 0.2) is 85.1 Å². The fourth-order valence-corrected chi connectivity index (χ4v) is 7.93. The Kier molecular flexibility index (Phi) is 51.1. The van der Waals surface area contributed by atoms with Crippen molar-refractivity contribution < 1.29 is 42.9 Å². The minimum absolute atomic E-state index is 0.146. The van der Waals surface area contributed by atoms with Crippen molar-refractivity contribution in [1.82, 2.24) is 0 Å². The van der Waals surface area contributed by atoms with E-state index in [4.69, 9.17) is 18.9 Å². The summed E-state index contributed by atoms with van der Waals surface area (Å²) in [6.07, 6.45) is 67.8. The number of rotatable bonds is 53. The minimum Gasteiger partial charge on any atom is -0.545 e. The SMILES string of the molecule is CC/C=C\C/C=C\C/C=C\C/C=C\C/C=C\C/C=C\C/C=C\CCCCCCCCCCCCCCCC(=O)OC(COC(=O)CCCCCCCCCCCCCC)COC(OCC[N+](C)(C)C)C(=O)[O-]. The van der Waals surface area contributed by atoms with Crippen LogP contribution in [0.25, 0.3) is 0 Å². The molecule has 0 aromatic heterocycles. The van der Waals surface area contributed by atoms with Crippen LogP contribution in [0.4, 0.5) is 0 Å². The third kappa shape index (κ3) is 54.2. The lowest BCUT2D eigenvalue weighted by atomic mass is 10.0. The van der Waals surface area contributed by atoms with E-state index in [2.05, 4.69) is 98.9 Å². The summed E-state index contributed by atoms with van der Waals surface area (Å²) in [4.78, 5) is 37.2. The number of hydrogen-bond acceptors (Lipinski definition) is 8. The quantitative estimate of drug-likeness (QED) is 0.0195. The van der Waals surface area contributed by atoms with Crippen LogP contribution in [0.3, 0.4) is 0 Å². The molecular formula is C63H109NO8. The average molecular weight is 1010 g/mol. The van der Waals surface area contributed by atoms with Gasteiger partial charge in [0.25, 0.3) is 0 Å². The number of allylic oxidation sites excluding steroid dienone is 14. The fraction of sp³-hybridized carbons (Fsp3) is 0.730. The van der Waals surface area contributed by atoms with E-state index in [1.807, 2.05) is 21.1 Å². The molecular weight excluding hydrogens is 899 g/mol. The van der Waals surface area contributed by atoms with Gasteiger partial charge in [0.2, 0.25) is 0 Å². The molecule has 0 rings (SSSR count). The average Bonchev–Trinajstić information content (AvgIpc) is 3.35.